The van der Waals surface area contributed by atoms with Crippen LogP contribution in [0.1, 0.15) is 21.6 Å². The van der Waals surface area contributed by atoms with Gasteiger partial charge in [-0.25, -0.2) is 4.39 Å². The van der Waals surface area contributed by atoms with Gasteiger partial charge >= 0.3 is 0 Å². The monoisotopic (exact) mass is 350 g/mol. The van der Waals surface area contributed by atoms with Crippen molar-refractivity contribution in [1.82, 2.24) is 15.3 Å². The fraction of sp³-hybridized carbons (Fsp3) is 0.150. The minimum absolute atomic E-state index is 0.239. The minimum Gasteiger partial charge on any atom is -0.381 e. The topological polar surface area (TPSA) is 66.9 Å². The number of amides is 1. The predicted octanol–water partition coefficient (Wildman–Crippen LogP) is 3.20. The molecule has 0 atom stereocenters. The number of rotatable bonds is 7. The van der Waals surface area contributed by atoms with Gasteiger partial charge in [0.15, 0.2) is 0 Å². The molecule has 0 aliphatic rings. The quantitative estimate of drug-likeness (QED) is 0.687. The Hall–Kier alpha value is -3.28. The van der Waals surface area contributed by atoms with E-state index in [0.717, 1.165) is 16.8 Å². The van der Waals surface area contributed by atoms with Crippen LogP contribution in [-0.2, 0) is 13.0 Å². The van der Waals surface area contributed by atoms with Gasteiger partial charge in [-0.1, -0.05) is 18.2 Å². The minimum atomic E-state index is -0.266. The van der Waals surface area contributed by atoms with Gasteiger partial charge in [0, 0.05) is 37.4 Å². The number of hydrogen-bond acceptors (Lipinski definition) is 4. The van der Waals surface area contributed by atoms with Gasteiger partial charge in [0.2, 0.25) is 0 Å². The highest BCUT2D eigenvalue weighted by molar-refractivity contribution is 5.93. The first-order chi connectivity index (χ1) is 12.7. The van der Waals surface area contributed by atoms with Gasteiger partial charge in [-0.15, -0.1) is 0 Å². The van der Waals surface area contributed by atoms with Crippen LogP contribution in [0, 0.1) is 5.82 Å². The zero-order valence-corrected chi connectivity index (χ0v) is 14.2. The van der Waals surface area contributed by atoms with E-state index in [2.05, 4.69) is 20.6 Å². The number of aromatic nitrogens is 2. The highest BCUT2D eigenvalue weighted by Gasteiger charge is 2.07. The van der Waals surface area contributed by atoms with E-state index in [-0.39, 0.29) is 11.7 Å². The summed E-state index contributed by atoms with van der Waals surface area (Å²) in [6.45, 7) is 1.07. The second-order valence-corrected chi connectivity index (χ2v) is 5.78. The zero-order valence-electron chi connectivity index (χ0n) is 14.2. The van der Waals surface area contributed by atoms with Gasteiger partial charge in [-0.2, -0.15) is 0 Å². The maximum absolute atomic E-state index is 12.9. The molecule has 0 radical (unpaired) electrons. The van der Waals surface area contributed by atoms with E-state index in [1.165, 1.54) is 12.1 Å². The van der Waals surface area contributed by atoms with E-state index in [1.54, 1.807) is 36.8 Å². The lowest BCUT2D eigenvalue weighted by molar-refractivity contribution is 0.0949. The maximum Gasteiger partial charge on any atom is 0.269 e. The average Bonchev–Trinajstić information content (AvgIpc) is 2.69. The van der Waals surface area contributed by atoms with Crippen LogP contribution >= 0.6 is 0 Å². The van der Waals surface area contributed by atoms with Crippen LogP contribution in [0.25, 0.3) is 0 Å². The first-order valence-corrected chi connectivity index (χ1v) is 8.32. The highest BCUT2D eigenvalue weighted by atomic mass is 19.1. The van der Waals surface area contributed by atoms with Crippen molar-refractivity contribution in [3.05, 3.63) is 89.8 Å². The molecule has 0 bridgehead atoms. The molecule has 1 aromatic carbocycles. The summed E-state index contributed by atoms with van der Waals surface area (Å²) in [7, 11) is 0. The number of carbonyl (C=O) groups is 1. The van der Waals surface area contributed by atoms with Gasteiger partial charge in [0.05, 0.1) is 0 Å². The van der Waals surface area contributed by atoms with Crippen molar-refractivity contribution in [1.29, 1.82) is 0 Å². The molecule has 1 amide bonds. The first kappa shape index (κ1) is 17.5. The number of benzene rings is 1. The second-order valence-electron chi connectivity index (χ2n) is 5.78. The van der Waals surface area contributed by atoms with Crippen LogP contribution in [0.2, 0.25) is 0 Å². The van der Waals surface area contributed by atoms with E-state index in [1.807, 2.05) is 18.2 Å². The summed E-state index contributed by atoms with van der Waals surface area (Å²) in [5.74, 6) is -0.505. The Labute approximate surface area is 151 Å². The van der Waals surface area contributed by atoms with Crippen LogP contribution < -0.4 is 10.6 Å². The Bertz CT molecular complexity index is 853. The van der Waals surface area contributed by atoms with Gasteiger partial charge in [0.25, 0.3) is 5.91 Å². The molecular weight excluding hydrogens is 331 g/mol. The molecule has 0 aliphatic carbocycles. The summed E-state index contributed by atoms with van der Waals surface area (Å²) < 4.78 is 12.9. The molecule has 2 N–H and O–H groups in total. The van der Waals surface area contributed by atoms with Crippen molar-refractivity contribution in [2.24, 2.45) is 0 Å². The summed E-state index contributed by atoms with van der Waals surface area (Å²) in [4.78, 5) is 20.4. The lowest BCUT2D eigenvalue weighted by Gasteiger charge is -2.08. The van der Waals surface area contributed by atoms with E-state index in [0.29, 0.717) is 25.2 Å². The molecule has 0 fully saturated rings. The van der Waals surface area contributed by atoms with E-state index < -0.39 is 0 Å². The van der Waals surface area contributed by atoms with Crippen LogP contribution in [0.3, 0.4) is 0 Å². The number of carbonyl (C=O) groups excluding carboxylic acids is 1. The molecule has 0 aliphatic heterocycles. The van der Waals surface area contributed by atoms with Crippen LogP contribution in [0.4, 0.5) is 10.1 Å². The van der Waals surface area contributed by atoms with Crippen molar-refractivity contribution in [2.75, 3.05) is 11.9 Å². The average molecular weight is 350 g/mol. The molecule has 0 spiro atoms. The van der Waals surface area contributed by atoms with Crippen LogP contribution in [0.15, 0.2) is 67.1 Å². The van der Waals surface area contributed by atoms with Crippen molar-refractivity contribution in [3.63, 3.8) is 0 Å². The summed E-state index contributed by atoms with van der Waals surface area (Å²) in [5.41, 5.74) is 3.17. The molecular formula is C20H19FN4O. The normalized spacial score (nSPS) is 10.3. The molecule has 5 nitrogen and oxygen atoms in total. The second kappa shape index (κ2) is 8.71. The number of hydrogen-bond donors (Lipinski definition) is 2. The number of anilines is 1. The summed E-state index contributed by atoms with van der Waals surface area (Å²) >= 11 is 0. The highest BCUT2D eigenvalue weighted by Crippen LogP contribution is 2.10. The Morgan fingerprint density at radius 1 is 1.04 bits per heavy atom. The number of pyridine rings is 2. The van der Waals surface area contributed by atoms with Crippen LogP contribution in [0.5, 0.6) is 0 Å². The number of halogens is 1. The van der Waals surface area contributed by atoms with Crippen molar-refractivity contribution in [3.8, 4) is 0 Å². The fourth-order valence-electron chi connectivity index (χ4n) is 2.43. The fourth-order valence-corrected chi connectivity index (χ4v) is 2.43. The third kappa shape index (κ3) is 5.11. The van der Waals surface area contributed by atoms with Crippen molar-refractivity contribution < 1.29 is 9.18 Å². The summed E-state index contributed by atoms with van der Waals surface area (Å²) in [5, 5.41) is 6.08. The molecule has 3 rings (SSSR count). The Kier molecular flexibility index (Phi) is 5.88. The van der Waals surface area contributed by atoms with E-state index >= 15 is 0 Å². The Morgan fingerprint density at radius 3 is 2.65 bits per heavy atom. The SMILES string of the molecule is O=C(NCCc1ccc(F)cc1)c1cc(NCc2cccnc2)ccn1. The third-order valence-corrected chi connectivity index (χ3v) is 3.82. The van der Waals surface area contributed by atoms with Gasteiger partial charge in [-0.3, -0.25) is 14.8 Å². The van der Waals surface area contributed by atoms with Crippen LogP contribution in [-0.4, -0.2) is 22.4 Å². The molecule has 3 aromatic rings. The molecule has 6 heteroatoms. The van der Waals surface area contributed by atoms with Gasteiger partial charge in [-0.05, 0) is 47.9 Å². The summed E-state index contributed by atoms with van der Waals surface area (Å²) in [6, 6.07) is 13.6. The lowest BCUT2D eigenvalue weighted by Crippen LogP contribution is -2.26. The first-order valence-electron chi connectivity index (χ1n) is 8.32. The number of nitrogens with one attached hydrogen (secondary N) is 2. The molecule has 2 aromatic heterocycles. The Balaban J connectivity index is 1.51. The summed E-state index contributed by atoms with van der Waals surface area (Å²) in [6.07, 6.45) is 5.74. The largest absolute Gasteiger partial charge is 0.381 e. The maximum atomic E-state index is 12.9. The smallest absolute Gasteiger partial charge is 0.269 e. The standard InChI is InChI=1S/C20H19FN4O/c21-17-5-3-15(4-6-17)7-10-24-20(26)19-12-18(8-11-23-19)25-14-16-2-1-9-22-13-16/h1-6,8-9,11-13H,7,10,14H2,(H,23,25)(H,24,26). The van der Waals surface area contributed by atoms with Crippen molar-refractivity contribution >= 4 is 11.6 Å². The predicted molar refractivity (Wildman–Crippen MR) is 98.2 cm³/mol. The van der Waals surface area contributed by atoms with Gasteiger partial charge < -0.3 is 10.6 Å². The molecule has 0 saturated carbocycles. The molecule has 0 unspecified atom stereocenters. The molecule has 2 heterocycles. The van der Waals surface area contributed by atoms with Gasteiger partial charge in [0.1, 0.15) is 11.5 Å². The Morgan fingerprint density at radius 2 is 1.88 bits per heavy atom. The zero-order chi connectivity index (χ0) is 18.2. The molecule has 132 valence electrons. The molecule has 26 heavy (non-hydrogen) atoms. The van der Waals surface area contributed by atoms with Crippen molar-refractivity contribution in [2.45, 2.75) is 13.0 Å². The third-order valence-electron chi connectivity index (χ3n) is 3.82. The van der Waals surface area contributed by atoms with E-state index in [4.69, 9.17) is 0 Å². The van der Waals surface area contributed by atoms with E-state index in [9.17, 15) is 9.18 Å². The molecule has 0 saturated heterocycles. The lowest BCUT2D eigenvalue weighted by atomic mass is 10.1. The number of nitrogens with zero attached hydrogens (tertiary/aromatic N) is 2.